The fraction of sp³-hybridized carbons (Fsp3) is 0.938. The third-order valence-electron chi connectivity index (χ3n) is 9.36. The van der Waals surface area contributed by atoms with E-state index in [2.05, 4.69) is 46.5 Å². The molecule has 6 aliphatic heterocycles. The van der Waals surface area contributed by atoms with Crippen LogP contribution in [0, 0.1) is 5.92 Å². The van der Waals surface area contributed by atoms with Gasteiger partial charge in [0.05, 0.1) is 0 Å². The van der Waals surface area contributed by atoms with Gasteiger partial charge in [0.25, 0.3) is 0 Å². The maximum atomic E-state index is 4.72. The third kappa shape index (κ3) is 12.1. The van der Waals surface area contributed by atoms with Gasteiger partial charge in [0, 0.05) is 0 Å². The van der Waals surface area contributed by atoms with Crippen molar-refractivity contribution >= 4 is 0 Å². The number of nitrogens with zero attached hydrogens (tertiary/aromatic N) is 6. The molecule has 222 valence electrons. The minimum Gasteiger partial charge on any atom is -0.661 e. The molecule has 6 rings (SSSR count). The van der Waals surface area contributed by atoms with Gasteiger partial charge < -0.3 is 31.9 Å². The van der Waals surface area contributed by atoms with E-state index in [-0.39, 0.29) is 19.5 Å². The van der Waals surface area contributed by atoms with Gasteiger partial charge in [-0.3, -0.25) is 0 Å². The van der Waals surface area contributed by atoms with E-state index in [0.717, 1.165) is 51.6 Å². The van der Waals surface area contributed by atoms with Crippen molar-refractivity contribution in [3.05, 3.63) is 43.5 Å². The summed E-state index contributed by atoms with van der Waals surface area (Å²) in [5, 5.41) is 28.0. The van der Waals surface area contributed by atoms with Crippen molar-refractivity contribution in [2.45, 2.75) is 146 Å². The first-order valence-electron chi connectivity index (χ1n) is 16.3. The van der Waals surface area contributed by atoms with Gasteiger partial charge in [-0.1, -0.05) is 102 Å². The molecule has 5 fully saturated rings. The van der Waals surface area contributed by atoms with Crippen LogP contribution in [0.25, 0.3) is 31.9 Å². The molecule has 0 aromatic carbocycles. The van der Waals surface area contributed by atoms with Crippen molar-refractivity contribution < 1.29 is 19.5 Å². The Hall–Kier alpha value is 0.123. The van der Waals surface area contributed by atoms with E-state index in [1.165, 1.54) is 95.5 Å². The molecule has 0 saturated carbocycles. The molecule has 6 heterocycles. The van der Waals surface area contributed by atoms with E-state index in [1.807, 2.05) is 0 Å². The van der Waals surface area contributed by atoms with Crippen LogP contribution in [0.5, 0.6) is 0 Å². The average molecular weight is 626 g/mol. The Morgan fingerprint density at radius 3 is 1.31 bits per heavy atom. The third-order valence-corrected chi connectivity index (χ3v) is 9.36. The van der Waals surface area contributed by atoms with Crippen LogP contribution >= 0.6 is 0 Å². The summed E-state index contributed by atoms with van der Waals surface area (Å²) in [6.07, 6.45) is 21.8. The minimum absolute atomic E-state index is 0. The smallest absolute Gasteiger partial charge is 0.661 e. The van der Waals surface area contributed by atoms with Crippen LogP contribution in [-0.4, -0.2) is 75.5 Å². The summed E-state index contributed by atoms with van der Waals surface area (Å²) in [6.45, 7) is 10.9. The fourth-order valence-electron chi connectivity index (χ4n) is 6.93. The number of hydrogen-bond acceptors (Lipinski definition) is 0. The Balaban J connectivity index is 0.000000160. The minimum atomic E-state index is 0. The van der Waals surface area contributed by atoms with Crippen LogP contribution < -0.4 is 0 Å². The second-order valence-corrected chi connectivity index (χ2v) is 12.7. The van der Waals surface area contributed by atoms with Gasteiger partial charge >= 0.3 is 19.5 Å². The van der Waals surface area contributed by atoms with Crippen LogP contribution in [0.15, 0.2) is 11.6 Å². The first-order chi connectivity index (χ1) is 18.7. The molecule has 0 N–H and O–H groups in total. The topological polar surface area (TPSA) is 84.6 Å². The Kier molecular flexibility index (Phi) is 16.7. The molecule has 7 atom stereocenters. The summed E-state index contributed by atoms with van der Waals surface area (Å²) in [5.41, 5.74) is 1.50. The summed E-state index contributed by atoms with van der Waals surface area (Å²) >= 11 is 0. The standard InChI is InChI=1S/C12H20N2.2C10H18N2.Ru/c1-9-3-5-13-11(7-9)12-8-10(2)4-6-14-12;2*1-3-7-11-9(5-1)10-6-2-4-8-12-10;/h3,10-12H,4-8H2,1-2H3;2*9-10H,1-8H2;/q3*-2;+6. The molecule has 6 aliphatic rings. The molecule has 7 unspecified atom stereocenters. The molecule has 0 amide bonds. The molecule has 5 saturated heterocycles. The van der Waals surface area contributed by atoms with Gasteiger partial charge in [0.1, 0.15) is 0 Å². The number of rotatable bonds is 3. The average Bonchev–Trinajstić information content (AvgIpc) is 3.00. The maximum absolute atomic E-state index is 4.72. The first kappa shape index (κ1) is 33.6. The molecule has 7 heteroatoms. The van der Waals surface area contributed by atoms with E-state index in [1.54, 1.807) is 0 Å². The SMILES string of the molecule is C1CCC(C2CCCC[N-]2)[N-]C1.C1CCC(C2CCCC[N-]2)[N-]C1.CC1=CC[N-]C(C2CC(C)CC[N-]2)C1.[Ru+6]. The quantitative estimate of drug-likeness (QED) is 0.222. The van der Waals surface area contributed by atoms with E-state index >= 15 is 0 Å². The predicted octanol–water partition coefficient (Wildman–Crippen LogP) is 8.93. The molecule has 0 aromatic rings. The van der Waals surface area contributed by atoms with Gasteiger partial charge in [0.15, 0.2) is 0 Å². The summed E-state index contributed by atoms with van der Waals surface area (Å²) in [6, 6.07) is 3.39. The Morgan fingerprint density at radius 2 is 0.949 bits per heavy atom. The van der Waals surface area contributed by atoms with E-state index in [0.29, 0.717) is 36.3 Å². The van der Waals surface area contributed by atoms with Gasteiger partial charge in [0.2, 0.25) is 0 Å². The molecule has 0 aliphatic carbocycles. The van der Waals surface area contributed by atoms with Crippen LogP contribution in [0.3, 0.4) is 0 Å². The fourth-order valence-corrected chi connectivity index (χ4v) is 6.93. The molecule has 0 bridgehead atoms. The summed E-state index contributed by atoms with van der Waals surface area (Å²) < 4.78 is 0. The van der Waals surface area contributed by atoms with Gasteiger partial charge in [-0.05, 0) is 19.3 Å². The molecule has 0 radical (unpaired) electrons. The normalized spacial score (nSPS) is 37.5. The Bertz CT molecular complexity index is 587. The van der Waals surface area contributed by atoms with Gasteiger partial charge in [-0.2, -0.15) is 30.2 Å². The largest absolute Gasteiger partial charge is 6.00 e. The molecular weight excluding hydrogens is 569 g/mol. The molecule has 6 nitrogen and oxygen atoms in total. The molecule has 39 heavy (non-hydrogen) atoms. The zero-order valence-electron chi connectivity index (χ0n) is 25.0. The van der Waals surface area contributed by atoms with Crippen molar-refractivity contribution in [2.75, 3.05) is 39.3 Å². The van der Waals surface area contributed by atoms with E-state index in [4.69, 9.17) is 5.32 Å². The number of piperidine rings is 5. The van der Waals surface area contributed by atoms with Crippen LogP contribution in [0.4, 0.5) is 0 Å². The van der Waals surface area contributed by atoms with Crippen molar-refractivity contribution in [1.29, 1.82) is 0 Å². The summed E-state index contributed by atoms with van der Waals surface area (Å²) in [5.74, 6) is 0.846. The molecular formula is C32H56N6Ru. The zero-order chi connectivity index (χ0) is 26.4. The monoisotopic (exact) mass is 626 g/mol. The molecule has 0 aromatic heterocycles. The first-order valence-corrected chi connectivity index (χ1v) is 16.3. The Labute approximate surface area is 254 Å². The van der Waals surface area contributed by atoms with Gasteiger partial charge in [-0.15, -0.1) is 51.4 Å². The Morgan fingerprint density at radius 1 is 0.513 bits per heavy atom. The second-order valence-electron chi connectivity index (χ2n) is 12.7. The van der Waals surface area contributed by atoms with Gasteiger partial charge in [-0.25, -0.2) is 0 Å². The van der Waals surface area contributed by atoms with Crippen LogP contribution in [-0.2, 0) is 19.5 Å². The zero-order valence-corrected chi connectivity index (χ0v) is 26.7. The summed E-state index contributed by atoms with van der Waals surface area (Å²) in [4.78, 5) is 0. The van der Waals surface area contributed by atoms with E-state index in [9.17, 15) is 0 Å². The van der Waals surface area contributed by atoms with Crippen molar-refractivity contribution in [2.24, 2.45) is 5.92 Å². The van der Waals surface area contributed by atoms with Crippen LogP contribution in [0.2, 0.25) is 0 Å². The second kappa shape index (κ2) is 19.3. The van der Waals surface area contributed by atoms with Crippen molar-refractivity contribution in [3.8, 4) is 0 Å². The predicted molar refractivity (Wildman–Crippen MR) is 164 cm³/mol. The van der Waals surface area contributed by atoms with Crippen molar-refractivity contribution in [3.63, 3.8) is 0 Å². The van der Waals surface area contributed by atoms with Crippen molar-refractivity contribution in [1.82, 2.24) is 0 Å². The van der Waals surface area contributed by atoms with E-state index < -0.39 is 0 Å². The van der Waals surface area contributed by atoms with Crippen LogP contribution in [0.1, 0.15) is 110 Å². The number of hydrogen-bond donors (Lipinski definition) is 0. The molecule has 0 spiro atoms. The summed E-state index contributed by atoms with van der Waals surface area (Å²) in [7, 11) is 0. The maximum Gasteiger partial charge on any atom is 6.00 e.